The van der Waals surface area contributed by atoms with Gasteiger partial charge in [0.15, 0.2) is 5.78 Å². The fraction of sp³-hybridized carbons (Fsp3) is 0.522. The molecule has 2 rings (SSSR count). The number of rotatable bonds is 9. The van der Waals surface area contributed by atoms with Gasteiger partial charge in [-0.1, -0.05) is 31.2 Å². The van der Waals surface area contributed by atoms with Gasteiger partial charge in [0, 0.05) is 36.6 Å². The van der Waals surface area contributed by atoms with Crippen LogP contribution in [0.2, 0.25) is 0 Å². The van der Waals surface area contributed by atoms with Gasteiger partial charge in [-0.15, -0.1) is 0 Å². The SMILES string of the molecule is CCOC(=O)NC(=N)c1ccc(C(=O)C[C@@H](C)C(=O)N2CCC(OCC(=O)OC)CC2)cc1. The van der Waals surface area contributed by atoms with Crippen LogP contribution in [-0.2, 0) is 23.8 Å². The molecule has 33 heavy (non-hydrogen) atoms. The zero-order valence-electron chi connectivity index (χ0n) is 19.2. The summed E-state index contributed by atoms with van der Waals surface area (Å²) in [5.41, 5.74) is 0.860. The van der Waals surface area contributed by atoms with Crippen molar-refractivity contribution in [2.45, 2.75) is 39.2 Å². The van der Waals surface area contributed by atoms with Crippen molar-refractivity contribution in [3.63, 3.8) is 0 Å². The van der Waals surface area contributed by atoms with E-state index in [1.54, 1.807) is 43.0 Å². The molecule has 1 aliphatic rings. The highest BCUT2D eigenvalue weighted by molar-refractivity contribution is 6.05. The Morgan fingerprint density at radius 3 is 2.30 bits per heavy atom. The predicted octanol–water partition coefficient (Wildman–Crippen LogP) is 2.15. The number of nitrogens with one attached hydrogen (secondary N) is 2. The smallest absolute Gasteiger partial charge is 0.412 e. The van der Waals surface area contributed by atoms with Crippen LogP contribution in [0.4, 0.5) is 4.79 Å². The van der Waals surface area contributed by atoms with E-state index < -0.39 is 18.0 Å². The summed E-state index contributed by atoms with van der Waals surface area (Å²) in [4.78, 5) is 49.7. The van der Waals surface area contributed by atoms with E-state index in [2.05, 4.69) is 10.1 Å². The number of ether oxygens (including phenoxy) is 3. The van der Waals surface area contributed by atoms with Crippen LogP contribution < -0.4 is 5.32 Å². The molecule has 1 aliphatic heterocycles. The average molecular weight is 462 g/mol. The normalized spacial score (nSPS) is 14.8. The summed E-state index contributed by atoms with van der Waals surface area (Å²) in [5.74, 6) is -1.31. The van der Waals surface area contributed by atoms with E-state index in [4.69, 9.17) is 14.9 Å². The van der Waals surface area contributed by atoms with Crippen LogP contribution in [0, 0.1) is 11.3 Å². The number of ketones is 1. The lowest BCUT2D eigenvalue weighted by molar-refractivity contribution is -0.150. The summed E-state index contributed by atoms with van der Waals surface area (Å²) >= 11 is 0. The van der Waals surface area contributed by atoms with Gasteiger partial charge < -0.3 is 19.1 Å². The third-order valence-electron chi connectivity index (χ3n) is 5.33. The molecule has 1 saturated heterocycles. The first-order valence-corrected chi connectivity index (χ1v) is 10.9. The molecule has 0 bridgehead atoms. The van der Waals surface area contributed by atoms with Gasteiger partial charge in [0.05, 0.1) is 19.8 Å². The molecule has 1 heterocycles. The minimum atomic E-state index is -0.714. The van der Waals surface area contributed by atoms with Gasteiger partial charge in [0.2, 0.25) is 5.91 Å². The number of alkyl carbamates (subject to hydrolysis) is 1. The van der Waals surface area contributed by atoms with Crippen LogP contribution in [0.5, 0.6) is 0 Å². The van der Waals surface area contributed by atoms with Gasteiger partial charge in [-0.25, -0.2) is 9.59 Å². The lowest BCUT2D eigenvalue weighted by Crippen LogP contribution is -2.43. The second kappa shape index (κ2) is 12.7. The van der Waals surface area contributed by atoms with Crippen LogP contribution in [0.3, 0.4) is 0 Å². The number of hydrogen-bond acceptors (Lipinski definition) is 8. The van der Waals surface area contributed by atoms with E-state index in [1.165, 1.54) is 7.11 Å². The summed E-state index contributed by atoms with van der Waals surface area (Å²) in [7, 11) is 1.30. The van der Waals surface area contributed by atoms with Gasteiger partial charge in [0.1, 0.15) is 12.4 Å². The van der Waals surface area contributed by atoms with E-state index in [9.17, 15) is 19.2 Å². The maximum atomic E-state index is 12.8. The number of likely N-dealkylation sites (tertiary alicyclic amines) is 1. The fourth-order valence-electron chi connectivity index (χ4n) is 3.45. The first-order chi connectivity index (χ1) is 15.7. The second-order valence-electron chi connectivity index (χ2n) is 7.74. The molecule has 1 atom stereocenters. The van der Waals surface area contributed by atoms with Gasteiger partial charge in [-0.2, -0.15) is 0 Å². The molecule has 0 spiro atoms. The van der Waals surface area contributed by atoms with E-state index in [0.717, 1.165) is 0 Å². The first kappa shape index (κ1) is 26.0. The molecular weight excluding hydrogens is 430 g/mol. The molecule has 2 amide bonds. The molecule has 0 radical (unpaired) electrons. The molecule has 2 N–H and O–H groups in total. The average Bonchev–Trinajstić information content (AvgIpc) is 2.82. The van der Waals surface area contributed by atoms with Crippen LogP contribution >= 0.6 is 0 Å². The largest absolute Gasteiger partial charge is 0.467 e. The number of carbonyl (C=O) groups excluding carboxylic acids is 4. The zero-order valence-corrected chi connectivity index (χ0v) is 19.2. The van der Waals surface area contributed by atoms with E-state index in [1.807, 2.05) is 0 Å². The maximum Gasteiger partial charge on any atom is 0.412 e. The number of amides is 2. The van der Waals surface area contributed by atoms with E-state index >= 15 is 0 Å². The Bertz CT molecular complexity index is 861. The number of esters is 1. The van der Waals surface area contributed by atoms with Gasteiger partial charge in [-0.3, -0.25) is 20.3 Å². The lowest BCUT2D eigenvalue weighted by Gasteiger charge is -2.33. The Morgan fingerprint density at radius 1 is 1.12 bits per heavy atom. The Morgan fingerprint density at radius 2 is 1.73 bits per heavy atom. The molecule has 1 aromatic carbocycles. The molecular formula is C23H31N3O7. The summed E-state index contributed by atoms with van der Waals surface area (Å²) in [6.07, 6.45) is 0.498. The number of methoxy groups -OCH3 is 1. The number of amidine groups is 1. The Hall–Kier alpha value is -3.27. The lowest BCUT2D eigenvalue weighted by atomic mass is 9.96. The van der Waals surface area contributed by atoms with Crippen molar-refractivity contribution < 1.29 is 33.4 Å². The van der Waals surface area contributed by atoms with E-state index in [0.29, 0.717) is 37.1 Å². The van der Waals surface area contributed by atoms with Crippen LogP contribution in [0.25, 0.3) is 0 Å². The number of hydrogen-bond donors (Lipinski definition) is 2. The van der Waals surface area contributed by atoms with Gasteiger partial charge in [0.25, 0.3) is 0 Å². The highest BCUT2D eigenvalue weighted by Crippen LogP contribution is 2.19. The van der Waals surface area contributed by atoms with Crippen molar-refractivity contribution in [1.29, 1.82) is 5.41 Å². The molecule has 1 aromatic rings. The minimum Gasteiger partial charge on any atom is -0.467 e. The van der Waals surface area contributed by atoms with Crippen molar-refractivity contribution in [1.82, 2.24) is 10.2 Å². The monoisotopic (exact) mass is 461 g/mol. The summed E-state index contributed by atoms with van der Waals surface area (Å²) in [6.45, 7) is 4.51. The third kappa shape index (κ3) is 7.98. The topological polar surface area (TPSA) is 135 Å². The van der Waals surface area contributed by atoms with Gasteiger partial charge in [-0.05, 0) is 19.8 Å². The van der Waals surface area contributed by atoms with Crippen LogP contribution in [0.15, 0.2) is 24.3 Å². The summed E-state index contributed by atoms with van der Waals surface area (Å²) in [6, 6.07) is 6.27. The van der Waals surface area contributed by atoms with Crippen molar-refractivity contribution in [2.75, 3.05) is 33.4 Å². The van der Waals surface area contributed by atoms with Gasteiger partial charge >= 0.3 is 12.1 Å². The molecule has 1 fully saturated rings. The van der Waals surface area contributed by atoms with E-state index in [-0.39, 0.29) is 43.3 Å². The highest BCUT2D eigenvalue weighted by atomic mass is 16.6. The molecule has 10 nitrogen and oxygen atoms in total. The number of benzene rings is 1. The Balaban J connectivity index is 1.82. The molecule has 180 valence electrons. The predicted molar refractivity (Wildman–Crippen MR) is 119 cm³/mol. The third-order valence-corrected chi connectivity index (χ3v) is 5.33. The summed E-state index contributed by atoms with van der Waals surface area (Å²) < 4.78 is 14.8. The van der Waals surface area contributed by atoms with Crippen molar-refractivity contribution in [2.24, 2.45) is 5.92 Å². The second-order valence-corrected chi connectivity index (χ2v) is 7.74. The van der Waals surface area contributed by atoms with Crippen LogP contribution in [-0.4, -0.2) is 74.0 Å². The Labute approximate surface area is 193 Å². The molecule has 10 heteroatoms. The van der Waals surface area contributed by atoms with Crippen molar-refractivity contribution in [3.05, 3.63) is 35.4 Å². The zero-order chi connectivity index (χ0) is 24.4. The maximum absolute atomic E-state index is 12.8. The number of carbonyl (C=O) groups is 4. The molecule has 0 aliphatic carbocycles. The van der Waals surface area contributed by atoms with Crippen molar-refractivity contribution in [3.8, 4) is 0 Å². The van der Waals surface area contributed by atoms with Crippen molar-refractivity contribution >= 4 is 29.6 Å². The fourth-order valence-corrected chi connectivity index (χ4v) is 3.45. The van der Waals surface area contributed by atoms with Crippen LogP contribution in [0.1, 0.15) is 49.0 Å². The molecule has 0 aromatic heterocycles. The number of piperidine rings is 1. The first-order valence-electron chi connectivity index (χ1n) is 10.9. The number of Topliss-reactive ketones (excluding diaryl/α,β-unsaturated/α-hetero) is 1. The number of nitrogens with zero attached hydrogens (tertiary/aromatic N) is 1. The molecule has 0 saturated carbocycles. The standard InChI is InChI=1S/C23H31N3O7/c1-4-32-23(30)25-21(24)17-7-5-16(6-8-17)19(27)13-15(2)22(29)26-11-9-18(10-12-26)33-14-20(28)31-3/h5-8,15,18H,4,9-14H2,1-3H3,(H2,24,25,30)/t15-/m1/s1. The molecule has 0 unspecified atom stereocenters. The quantitative estimate of drug-likeness (QED) is 0.249. The Kier molecular flexibility index (Phi) is 9.99. The summed E-state index contributed by atoms with van der Waals surface area (Å²) in [5, 5.41) is 10.2. The minimum absolute atomic E-state index is 0.0650. The highest BCUT2D eigenvalue weighted by Gasteiger charge is 2.28.